The SMILES string of the molecule is [CH2]N1CCN(c2ccc(C)c(C)c2)CC1. The molecule has 0 atom stereocenters. The first-order chi connectivity index (χ1) is 7.16. The van der Waals surface area contributed by atoms with Crippen LogP contribution in [0, 0.1) is 20.9 Å². The summed E-state index contributed by atoms with van der Waals surface area (Å²) in [6.07, 6.45) is 0. The van der Waals surface area contributed by atoms with Crippen molar-refractivity contribution in [3.63, 3.8) is 0 Å². The van der Waals surface area contributed by atoms with Crippen molar-refractivity contribution < 1.29 is 0 Å². The number of rotatable bonds is 1. The number of piperazine rings is 1. The molecule has 1 radical (unpaired) electrons. The monoisotopic (exact) mass is 203 g/mol. The molecular formula is C13H19N2. The maximum atomic E-state index is 3.96. The van der Waals surface area contributed by atoms with E-state index in [-0.39, 0.29) is 0 Å². The van der Waals surface area contributed by atoms with E-state index in [9.17, 15) is 0 Å². The minimum atomic E-state index is 1.06. The van der Waals surface area contributed by atoms with E-state index in [0.29, 0.717) is 0 Å². The summed E-state index contributed by atoms with van der Waals surface area (Å²) in [6, 6.07) is 6.72. The Morgan fingerprint density at radius 1 is 1.00 bits per heavy atom. The van der Waals surface area contributed by atoms with Gasteiger partial charge in [0.05, 0.1) is 0 Å². The summed E-state index contributed by atoms with van der Waals surface area (Å²) in [5, 5.41) is 0. The van der Waals surface area contributed by atoms with Crippen molar-refractivity contribution in [3.8, 4) is 0 Å². The average molecular weight is 203 g/mol. The standard InChI is InChI=1S/C13H19N2/c1-11-4-5-13(10-12(11)2)15-8-6-14(3)7-9-15/h4-5,10H,3,6-9H2,1-2H3. The van der Waals surface area contributed by atoms with E-state index in [1.807, 2.05) is 0 Å². The molecule has 0 aliphatic carbocycles. The molecule has 0 spiro atoms. The number of hydrogen-bond donors (Lipinski definition) is 0. The molecule has 0 aromatic heterocycles. The van der Waals surface area contributed by atoms with E-state index in [1.54, 1.807) is 0 Å². The Hall–Kier alpha value is -1.02. The Morgan fingerprint density at radius 3 is 2.27 bits per heavy atom. The lowest BCUT2D eigenvalue weighted by atomic mass is 10.1. The lowest BCUT2D eigenvalue weighted by Crippen LogP contribution is -2.43. The van der Waals surface area contributed by atoms with Gasteiger partial charge in [-0.3, -0.25) is 4.90 Å². The van der Waals surface area contributed by atoms with Crippen LogP contribution in [0.5, 0.6) is 0 Å². The molecule has 2 heteroatoms. The summed E-state index contributed by atoms with van der Waals surface area (Å²) in [5.41, 5.74) is 4.10. The molecule has 0 bridgehead atoms. The minimum absolute atomic E-state index is 1.06. The quantitative estimate of drug-likeness (QED) is 0.690. The van der Waals surface area contributed by atoms with E-state index < -0.39 is 0 Å². The molecule has 1 heterocycles. The van der Waals surface area contributed by atoms with Crippen LogP contribution in [-0.2, 0) is 0 Å². The third-order valence-corrected chi connectivity index (χ3v) is 3.23. The van der Waals surface area contributed by atoms with Gasteiger partial charge in [-0.05, 0) is 37.1 Å². The maximum absolute atomic E-state index is 3.96. The van der Waals surface area contributed by atoms with Gasteiger partial charge in [-0.15, -0.1) is 0 Å². The van der Waals surface area contributed by atoms with Gasteiger partial charge in [0.2, 0.25) is 0 Å². The van der Waals surface area contributed by atoms with Crippen molar-refractivity contribution in [3.05, 3.63) is 36.4 Å². The van der Waals surface area contributed by atoms with Crippen LogP contribution in [0.1, 0.15) is 11.1 Å². The summed E-state index contributed by atoms with van der Waals surface area (Å²) in [5.74, 6) is 0. The summed E-state index contributed by atoms with van der Waals surface area (Å²) in [4.78, 5) is 4.58. The smallest absolute Gasteiger partial charge is 0.0369 e. The van der Waals surface area contributed by atoms with E-state index in [2.05, 4.69) is 48.9 Å². The molecule has 1 aromatic rings. The number of hydrogen-bond acceptors (Lipinski definition) is 2. The molecule has 1 aromatic carbocycles. The molecule has 0 amide bonds. The zero-order valence-corrected chi connectivity index (χ0v) is 9.66. The van der Waals surface area contributed by atoms with Gasteiger partial charge in [0.1, 0.15) is 0 Å². The first kappa shape index (κ1) is 10.5. The molecule has 1 aliphatic heterocycles. The van der Waals surface area contributed by atoms with E-state index in [0.717, 1.165) is 26.2 Å². The lowest BCUT2D eigenvalue weighted by Gasteiger charge is -2.34. The molecule has 1 aliphatic rings. The van der Waals surface area contributed by atoms with Crippen LogP contribution in [-0.4, -0.2) is 31.1 Å². The van der Waals surface area contributed by atoms with E-state index >= 15 is 0 Å². The van der Waals surface area contributed by atoms with Crippen LogP contribution in [0.3, 0.4) is 0 Å². The van der Waals surface area contributed by atoms with Crippen LogP contribution in [0.15, 0.2) is 18.2 Å². The Kier molecular flexibility index (Phi) is 2.96. The van der Waals surface area contributed by atoms with Crippen LogP contribution in [0.25, 0.3) is 0 Å². The third kappa shape index (κ3) is 2.32. The Labute approximate surface area is 92.5 Å². The lowest BCUT2D eigenvalue weighted by molar-refractivity contribution is 0.344. The Bertz CT molecular complexity index is 338. The van der Waals surface area contributed by atoms with Crippen LogP contribution >= 0.6 is 0 Å². The zero-order valence-electron chi connectivity index (χ0n) is 9.66. The van der Waals surface area contributed by atoms with Gasteiger partial charge in [0.15, 0.2) is 0 Å². The molecule has 1 fully saturated rings. The maximum Gasteiger partial charge on any atom is 0.0369 e. The number of anilines is 1. The van der Waals surface area contributed by atoms with Gasteiger partial charge in [0.25, 0.3) is 0 Å². The van der Waals surface area contributed by atoms with Gasteiger partial charge in [-0.25, -0.2) is 0 Å². The second-order valence-electron chi connectivity index (χ2n) is 4.37. The first-order valence-electron chi connectivity index (χ1n) is 5.54. The molecule has 2 nitrogen and oxygen atoms in total. The third-order valence-electron chi connectivity index (χ3n) is 3.23. The van der Waals surface area contributed by atoms with Crippen LogP contribution in [0.2, 0.25) is 0 Å². The van der Waals surface area contributed by atoms with Crippen molar-refractivity contribution in [1.82, 2.24) is 4.90 Å². The van der Waals surface area contributed by atoms with Gasteiger partial charge >= 0.3 is 0 Å². The predicted octanol–water partition coefficient (Wildman–Crippen LogP) is 2.22. The predicted molar refractivity (Wildman–Crippen MR) is 65.1 cm³/mol. The first-order valence-corrected chi connectivity index (χ1v) is 5.54. The Balaban J connectivity index is 2.12. The zero-order chi connectivity index (χ0) is 10.8. The van der Waals surface area contributed by atoms with Crippen LogP contribution in [0.4, 0.5) is 5.69 Å². The van der Waals surface area contributed by atoms with Crippen molar-refractivity contribution in [2.24, 2.45) is 0 Å². The second kappa shape index (κ2) is 4.23. The fourth-order valence-electron chi connectivity index (χ4n) is 1.93. The number of benzene rings is 1. The van der Waals surface area contributed by atoms with Gasteiger partial charge in [-0.2, -0.15) is 0 Å². The number of aryl methyl sites for hydroxylation is 2. The molecule has 81 valence electrons. The largest absolute Gasteiger partial charge is 0.369 e. The molecule has 2 rings (SSSR count). The summed E-state index contributed by atoms with van der Waals surface area (Å²) < 4.78 is 0. The molecule has 0 N–H and O–H groups in total. The summed E-state index contributed by atoms with van der Waals surface area (Å²) >= 11 is 0. The molecular weight excluding hydrogens is 184 g/mol. The van der Waals surface area contributed by atoms with Crippen molar-refractivity contribution in [1.29, 1.82) is 0 Å². The second-order valence-corrected chi connectivity index (χ2v) is 4.37. The highest BCUT2D eigenvalue weighted by Gasteiger charge is 2.14. The summed E-state index contributed by atoms with van der Waals surface area (Å²) in [6.45, 7) is 8.64. The average Bonchev–Trinajstić information content (AvgIpc) is 2.23. The highest BCUT2D eigenvalue weighted by Crippen LogP contribution is 2.19. The van der Waals surface area contributed by atoms with Gasteiger partial charge < -0.3 is 4.90 Å². The highest BCUT2D eigenvalue weighted by atomic mass is 15.2. The molecule has 0 unspecified atom stereocenters. The van der Waals surface area contributed by atoms with E-state index in [4.69, 9.17) is 0 Å². The van der Waals surface area contributed by atoms with E-state index in [1.165, 1.54) is 16.8 Å². The number of nitrogens with zero attached hydrogens (tertiary/aromatic N) is 2. The molecule has 15 heavy (non-hydrogen) atoms. The summed E-state index contributed by atoms with van der Waals surface area (Å²) in [7, 11) is 3.96. The van der Waals surface area contributed by atoms with Crippen molar-refractivity contribution >= 4 is 5.69 Å². The van der Waals surface area contributed by atoms with Gasteiger partial charge in [0, 0.05) is 38.9 Å². The topological polar surface area (TPSA) is 6.48 Å². The highest BCUT2D eigenvalue weighted by molar-refractivity contribution is 5.50. The van der Waals surface area contributed by atoms with Crippen molar-refractivity contribution in [2.45, 2.75) is 13.8 Å². The normalized spacial score (nSPS) is 18.2. The molecule has 0 saturated carbocycles. The fourth-order valence-corrected chi connectivity index (χ4v) is 1.93. The van der Waals surface area contributed by atoms with Gasteiger partial charge in [-0.1, -0.05) is 6.07 Å². The fraction of sp³-hybridized carbons (Fsp3) is 0.462. The molecule has 1 saturated heterocycles. The minimum Gasteiger partial charge on any atom is -0.369 e. The Morgan fingerprint density at radius 2 is 1.67 bits per heavy atom. The van der Waals surface area contributed by atoms with Crippen LogP contribution < -0.4 is 4.90 Å². The van der Waals surface area contributed by atoms with Crippen molar-refractivity contribution in [2.75, 3.05) is 31.1 Å².